The van der Waals surface area contributed by atoms with E-state index in [1.165, 1.54) is 6.07 Å². The van der Waals surface area contributed by atoms with E-state index in [-0.39, 0.29) is 10.7 Å². The van der Waals surface area contributed by atoms with Crippen molar-refractivity contribution in [1.82, 2.24) is 9.55 Å². The van der Waals surface area contributed by atoms with Crippen LogP contribution in [0, 0.1) is 6.92 Å². The number of halogens is 1. The standard InChI is InChI=1S/C16H13ClN2O/c1-11-18-15(17)9-16(20)19(11)10-13-7-4-6-12-5-2-3-8-14(12)13/h2-9H,10H2,1H3. The molecule has 1 aromatic heterocycles. The zero-order valence-corrected chi connectivity index (χ0v) is 11.8. The van der Waals surface area contributed by atoms with Gasteiger partial charge < -0.3 is 0 Å². The minimum absolute atomic E-state index is 0.129. The molecule has 2 aromatic carbocycles. The van der Waals surface area contributed by atoms with Crippen molar-refractivity contribution >= 4 is 22.4 Å². The number of aromatic nitrogens is 2. The lowest BCUT2D eigenvalue weighted by Crippen LogP contribution is -2.23. The van der Waals surface area contributed by atoms with Crippen LogP contribution >= 0.6 is 11.6 Å². The van der Waals surface area contributed by atoms with Crippen LogP contribution in [0.1, 0.15) is 11.4 Å². The van der Waals surface area contributed by atoms with Crippen LogP contribution < -0.4 is 5.56 Å². The van der Waals surface area contributed by atoms with Gasteiger partial charge in [0.2, 0.25) is 0 Å². The Hall–Kier alpha value is -2.13. The van der Waals surface area contributed by atoms with Crippen molar-refractivity contribution in [3.63, 3.8) is 0 Å². The molecule has 0 N–H and O–H groups in total. The Labute approximate surface area is 121 Å². The highest BCUT2D eigenvalue weighted by molar-refractivity contribution is 6.29. The molecule has 0 radical (unpaired) electrons. The first kappa shape index (κ1) is 12.9. The van der Waals surface area contributed by atoms with Crippen molar-refractivity contribution in [3.8, 4) is 0 Å². The third kappa shape index (κ3) is 2.32. The van der Waals surface area contributed by atoms with E-state index in [2.05, 4.69) is 23.2 Å². The number of hydrogen-bond acceptors (Lipinski definition) is 2. The normalized spacial score (nSPS) is 10.9. The highest BCUT2D eigenvalue weighted by atomic mass is 35.5. The highest BCUT2D eigenvalue weighted by Crippen LogP contribution is 2.19. The Bertz CT molecular complexity index is 834. The summed E-state index contributed by atoms with van der Waals surface area (Å²) in [6.07, 6.45) is 0. The Morgan fingerprint density at radius 3 is 2.70 bits per heavy atom. The third-order valence-electron chi connectivity index (χ3n) is 3.38. The molecule has 20 heavy (non-hydrogen) atoms. The van der Waals surface area contributed by atoms with Crippen LogP contribution in [0.3, 0.4) is 0 Å². The predicted octanol–water partition coefficient (Wildman–Crippen LogP) is 3.41. The van der Waals surface area contributed by atoms with E-state index in [4.69, 9.17) is 11.6 Å². The van der Waals surface area contributed by atoms with Crippen molar-refractivity contribution in [2.45, 2.75) is 13.5 Å². The molecule has 0 aliphatic heterocycles. The molecule has 3 nitrogen and oxygen atoms in total. The maximum Gasteiger partial charge on any atom is 0.255 e. The Morgan fingerprint density at radius 2 is 1.90 bits per heavy atom. The van der Waals surface area contributed by atoms with Gasteiger partial charge in [-0.2, -0.15) is 0 Å². The smallest absolute Gasteiger partial charge is 0.255 e. The number of aryl methyl sites for hydroxylation is 1. The molecular weight excluding hydrogens is 272 g/mol. The van der Waals surface area contributed by atoms with Gasteiger partial charge in [-0.3, -0.25) is 9.36 Å². The zero-order valence-electron chi connectivity index (χ0n) is 11.0. The van der Waals surface area contributed by atoms with Crippen LogP contribution in [0.2, 0.25) is 5.15 Å². The van der Waals surface area contributed by atoms with E-state index >= 15 is 0 Å². The summed E-state index contributed by atoms with van der Waals surface area (Å²) in [5.41, 5.74) is 0.966. The Morgan fingerprint density at radius 1 is 1.15 bits per heavy atom. The lowest BCUT2D eigenvalue weighted by atomic mass is 10.0. The van der Waals surface area contributed by atoms with Crippen molar-refractivity contribution in [3.05, 3.63) is 75.4 Å². The zero-order chi connectivity index (χ0) is 14.1. The molecule has 0 aliphatic carbocycles. The minimum atomic E-state index is -0.129. The fourth-order valence-corrected chi connectivity index (χ4v) is 2.60. The molecule has 0 unspecified atom stereocenters. The van der Waals surface area contributed by atoms with Crippen LogP contribution in [-0.2, 0) is 6.54 Å². The quantitative estimate of drug-likeness (QED) is 0.676. The molecule has 0 spiro atoms. The lowest BCUT2D eigenvalue weighted by Gasteiger charge is -2.11. The summed E-state index contributed by atoms with van der Waals surface area (Å²) in [6.45, 7) is 2.29. The van der Waals surface area contributed by atoms with E-state index in [9.17, 15) is 4.79 Å². The second-order valence-electron chi connectivity index (χ2n) is 4.69. The molecule has 100 valence electrons. The SMILES string of the molecule is Cc1nc(Cl)cc(=O)n1Cc1cccc2ccccc12. The van der Waals surface area contributed by atoms with Gasteiger partial charge in [0.25, 0.3) is 5.56 Å². The number of fused-ring (bicyclic) bond motifs is 1. The molecule has 0 bridgehead atoms. The van der Waals surface area contributed by atoms with Gasteiger partial charge in [-0.1, -0.05) is 54.1 Å². The Balaban J connectivity index is 2.13. The van der Waals surface area contributed by atoms with Crippen molar-refractivity contribution in [1.29, 1.82) is 0 Å². The monoisotopic (exact) mass is 284 g/mol. The Kier molecular flexibility index (Phi) is 3.28. The van der Waals surface area contributed by atoms with Gasteiger partial charge in [0.05, 0.1) is 6.54 Å². The molecule has 1 heterocycles. The third-order valence-corrected chi connectivity index (χ3v) is 3.57. The number of benzene rings is 2. The molecule has 0 aliphatic rings. The van der Waals surface area contributed by atoms with Crippen LogP contribution in [0.15, 0.2) is 53.3 Å². The summed E-state index contributed by atoms with van der Waals surface area (Å²) in [6, 6.07) is 15.6. The van der Waals surface area contributed by atoms with E-state index in [1.54, 1.807) is 11.5 Å². The summed E-state index contributed by atoms with van der Waals surface area (Å²) in [7, 11) is 0. The van der Waals surface area contributed by atoms with Crippen molar-refractivity contribution in [2.75, 3.05) is 0 Å². The van der Waals surface area contributed by atoms with Gasteiger partial charge in [-0.25, -0.2) is 4.98 Å². The number of hydrogen-bond donors (Lipinski definition) is 0. The summed E-state index contributed by atoms with van der Waals surface area (Å²) in [5.74, 6) is 0.621. The summed E-state index contributed by atoms with van der Waals surface area (Å²) in [4.78, 5) is 16.2. The number of rotatable bonds is 2. The molecule has 4 heteroatoms. The first-order valence-corrected chi connectivity index (χ1v) is 6.73. The van der Waals surface area contributed by atoms with Crippen molar-refractivity contribution in [2.24, 2.45) is 0 Å². The summed E-state index contributed by atoms with van der Waals surface area (Å²) < 4.78 is 1.63. The first-order chi connectivity index (χ1) is 9.65. The second kappa shape index (κ2) is 5.10. The lowest BCUT2D eigenvalue weighted by molar-refractivity contribution is 0.703. The predicted molar refractivity (Wildman–Crippen MR) is 81.3 cm³/mol. The molecule has 0 saturated carbocycles. The molecule has 0 amide bonds. The topological polar surface area (TPSA) is 34.9 Å². The van der Waals surface area contributed by atoms with Crippen LogP contribution in [0.25, 0.3) is 10.8 Å². The maximum atomic E-state index is 12.0. The van der Waals surface area contributed by atoms with Crippen LogP contribution in [0.5, 0.6) is 0 Å². The second-order valence-corrected chi connectivity index (χ2v) is 5.08. The summed E-state index contributed by atoms with van der Waals surface area (Å²) in [5, 5.41) is 2.55. The fourth-order valence-electron chi connectivity index (χ4n) is 2.38. The molecule has 0 atom stereocenters. The number of nitrogens with zero attached hydrogens (tertiary/aromatic N) is 2. The average Bonchev–Trinajstić information content (AvgIpc) is 2.43. The van der Waals surface area contributed by atoms with E-state index in [1.807, 2.05) is 24.3 Å². The molecule has 3 rings (SSSR count). The van der Waals surface area contributed by atoms with Gasteiger partial charge in [-0.15, -0.1) is 0 Å². The van der Waals surface area contributed by atoms with E-state index < -0.39 is 0 Å². The van der Waals surface area contributed by atoms with E-state index in [0.717, 1.165) is 16.3 Å². The maximum absolute atomic E-state index is 12.0. The molecule has 3 aromatic rings. The van der Waals surface area contributed by atoms with Gasteiger partial charge in [0, 0.05) is 6.07 Å². The van der Waals surface area contributed by atoms with Crippen molar-refractivity contribution < 1.29 is 0 Å². The van der Waals surface area contributed by atoms with Gasteiger partial charge in [0.1, 0.15) is 11.0 Å². The molecule has 0 fully saturated rings. The van der Waals surface area contributed by atoms with Crippen LogP contribution in [-0.4, -0.2) is 9.55 Å². The van der Waals surface area contributed by atoms with Crippen LogP contribution in [0.4, 0.5) is 0 Å². The molecular formula is C16H13ClN2O. The van der Waals surface area contributed by atoms with Gasteiger partial charge >= 0.3 is 0 Å². The van der Waals surface area contributed by atoms with E-state index in [0.29, 0.717) is 12.4 Å². The minimum Gasteiger partial charge on any atom is -0.292 e. The average molecular weight is 285 g/mol. The fraction of sp³-hybridized carbons (Fsp3) is 0.125. The largest absolute Gasteiger partial charge is 0.292 e. The van der Waals surface area contributed by atoms with Gasteiger partial charge in [-0.05, 0) is 23.3 Å². The summed E-state index contributed by atoms with van der Waals surface area (Å²) >= 11 is 5.80. The first-order valence-electron chi connectivity index (χ1n) is 6.36. The highest BCUT2D eigenvalue weighted by Gasteiger charge is 2.07. The van der Waals surface area contributed by atoms with Gasteiger partial charge in [0.15, 0.2) is 0 Å². The molecule has 0 saturated heterocycles.